The summed E-state index contributed by atoms with van der Waals surface area (Å²) >= 11 is 0. The number of aliphatic hydroxyl groups is 2. The third kappa shape index (κ3) is 8.11. The number of hydrogen-bond donors (Lipinski definition) is 2. The number of pyridine rings is 2. The SMILES string of the molecule is CC(C)(O)c1ccc([C@@H](Cc2ccc(OC3O[C@@H](CO)CC[C@H]3N=[N+]=[N-])nc2)c2ccc(OC(F)F)c(OC3CC3)c2)cn1. The van der Waals surface area contributed by atoms with E-state index in [9.17, 15) is 19.0 Å². The van der Waals surface area contributed by atoms with Gasteiger partial charge in [0.25, 0.3) is 0 Å². The predicted octanol–water partition coefficient (Wildman–Crippen LogP) is 5.78. The number of hydrogen-bond acceptors (Lipinski definition) is 9. The van der Waals surface area contributed by atoms with E-state index >= 15 is 0 Å². The molecule has 1 unspecified atom stereocenters. The molecule has 1 saturated carbocycles. The van der Waals surface area contributed by atoms with Crippen molar-refractivity contribution in [3.8, 4) is 17.4 Å². The van der Waals surface area contributed by atoms with Gasteiger partial charge in [0.15, 0.2) is 11.5 Å². The van der Waals surface area contributed by atoms with Crippen molar-refractivity contribution in [3.63, 3.8) is 0 Å². The highest BCUT2D eigenvalue weighted by Crippen LogP contribution is 2.39. The van der Waals surface area contributed by atoms with Crippen LogP contribution in [0.4, 0.5) is 8.78 Å². The van der Waals surface area contributed by atoms with Gasteiger partial charge in [0.2, 0.25) is 12.2 Å². The molecular formula is C31H35F2N5O6. The maximum Gasteiger partial charge on any atom is 0.387 e. The molecule has 2 aliphatic rings. The van der Waals surface area contributed by atoms with Crippen LogP contribution in [0.25, 0.3) is 10.4 Å². The molecule has 1 aliphatic carbocycles. The molecule has 0 radical (unpaired) electrons. The van der Waals surface area contributed by atoms with E-state index in [2.05, 4.69) is 20.0 Å². The Balaban J connectivity index is 1.41. The van der Waals surface area contributed by atoms with E-state index in [-0.39, 0.29) is 36.0 Å². The average Bonchev–Trinajstić information content (AvgIpc) is 3.82. The first-order valence-electron chi connectivity index (χ1n) is 14.5. The van der Waals surface area contributed by atoms with Crippen LogP contribution in [0.2, 0.25) is 0 Å². The molecule has 1 saturated heterocycles. The minimum Gasteiger partial charge on any atom is -0.487 e. The summed E-state index contributed by atoms with van der Waals surface area (Å²) in [6.07, 6.45) is 5.22. The largest absolute Gasteiger partial charge is 0.487 e. The van der Waals surface area contributed by atoms with Crippen LogP contribution in [0.15, 0.2) is 60.0 Å². The molecular weight excluding hydrogens is 576 g/mol. The number of nitrogens with zero attached hydrogens (tertiary/aromatic N) is 5. The van der Waals surface area contributed by atoms with Gasteiger partial charge in [0.05, 0.1) is 30.6 Å². The zero-order chi connectivity index (χ0) is 31.3. The molecule has 2 aromatic heterocycles. The highest BCUT2D eigenvalue weighted by Gasteiger charge is 2.32. The fourth-order valence-corrected chi connectivity index (χ4v) is 5.01. The van der Waals surface area contributed by atoms with Crippen molar-refractivity contribution in [1.29, 1.82) is 0 Å². The highest BCUT2D eigenvalue weighted by molar-refractivity contribution is 5.47. The molecule has 0 bridgehead atoms. The van der Waals surface area contributed by atoms with Gasteiger partial charge in [-0.15, -0.1) is 0 Å². The normalized spacial score (nSPS) is 20.9. The summed E-state index contributed by atoms with van der Waals surface area (Å²) in [5.41, 5.74) is 10.8. The lowest BCUT2D eigenvalue weighted by molar-refractivity contribution is -0.168. The molecule has 1 aliphatic heterocycles. The van der Waals surface area contributed by atoms with E-state index in [1.807, 2.05) is 12.1 Å². The van der Waals surface area contributed by atoms with Crippen molar-refractivity contribution >= 4 is 0 Å². The summed E-state index contributed by atoms with van der Waals surface area (Å²) in [6.45, 7) is 0.147. The van der Waals surface area contributed by atoms with Crippen molar-refractivity contribution < 1.29 is 37.9 Å². The average molecular weight is 612 g/mol. The maximum atomic E-state index is 13.1. The van der Waals surface area contributed by atoms with Crippen LogP contribution >= 0.6 is 0 Å². The van der Waals surface area contributed by atoms with Crippen molar-refractivity contribution in [2.24, 2.45) is 5.11 Å². The van der Waals surface area contributed by atoms with E-state index in [0.29, 0.717) is 25.0 Å². The van der Waals surface area contributed by atoms with Crippen LogP contribution in [-0.2, 0) is 16.8 Å². The summed E-state index contributed by atoms with van der Waals surface area (Å²) < 4.78 is 48.5. The number of aliphatic hydroxyl groups excluding tert-OH is 1. The highest BCUT2D eigenvalue weighted by atomic mass is 19.3. The first-order valence-corrected chi connectivity index (χ1v) is 14.5. The fraction of sp³-hybridized carbons (Fsp3) is 0.484. The number of benzene rings is 1. The Bertz CT molecular complexity index is 1440. The number of halogens is 2. The van der Waals surface area contributed by atoms with Crippen molar-refractivity contribution in [3.05, 3.63) is 87.7 Å². The molecule has 2 fully saturated rings. The van der Waals surface area contributed by atoms with E-state index in [0.717, 1.165) is 29.5 Å². The second kappa shape index (κ2) is 13.7. The quantitative estimate of drug-likeness (QED) is 0.140. The Labute approximate surface area is 253 Å². The number of rotatable bonds is 13. The molecule has 5 rings (SSSR count). The van der Waals surface area contributed by atoms with Crippen LogP contribution in [-0.4, -0.2) is 57.9 Å². The van der Waals surface area contributed by atoms with Gasteiger partial charge >= 0.3 is 6.61 Å². The lowest BCUT2D eigenvalue weighted by Crippen LogP contribution is -2.42. The molecule has 3 aromatic rings. The summed E-state index contributed by atoms with van der Waals surface area (Å²) in [5, 5.41) is 23.7. The number of aromatic nitrogens is 2. The van der Waals surface area contributed by atoms with Crippen molar-refractivity contribution in [2.75, 3.05) is 6.61 Å². The van der Waals surface area contributed by atoms with Gasteiger partial charge in [0.1, 0.15) is 5.60 Å². The monoisotopic (exact) mass is 611 g/mol. The Morgan fingerprint density at radius 1 is 1.02 bits per heavy atom. The van der Waals surface area contributed by atoms with E-state index < -0.39 is 30.6 Å². The zero-order valence-electron chi connectivity index (χ0n) is 24.4. The molecule has 1 aromatic carbocycles. The number of ether oxygens (including phenoxy) is 4. The molecule has 234 valence electrons. The Hall–Kier alpha value is -4.03. The first kappa shape index (κ1) is 31.4. The Morgan fingerprint density at radius 2 is 1.82 bits per heavy atom. The lowest BCUT2D eigenvalue weighted by atomic mass is 9.86. The van der Waals surface area contributed by atoms with Gasteiger partial charge < -0.3 is 29.2 Å². The maximum absolute atomic E-state index is 13.1. The molecule has 3 heterocycles. The lowest BCUT2D eigenvalue weighted by Gasteiger charge is -2.33. The summed E-state index contributed by atoms with van der Waals surface area (Å²) in [5.74, 6) is 0.203. The van der Waals surface area contributed by atoms with Crippen LogP contribution in [0.3, 0.4) is 0 Å². The molecule has 0 amide bonds. The second-order valence-corrected chi connectivity index (χ2v) is 11.5. The molecule has 4 atom stereocenters. The second-order valence-electron chi connectivity index (χ2n) is 11.5. The van der Waals surface area contributed by atoms with Gasteiger partial charge in [-0.25, -0.2) is 4.98 Å². The Kier molecular flexibility index (Phi) is 9.80. The third-order valence-corrected chi connectivity index (χ3v) is 7.52. The van der Waals surface area contributed by atoms with E-state index in [1.54, 1.807) is 50.5 Å². The van der Waals surface area contributed by atoms with Crippen LogP contribution in [0.5, 0.6) is 17.4 Å². The summed E-state index contributed by atoms with van der Waals surface area (Å²) in [6, 6.07) is 11.6. The molecule has 13 heteroatoms. The molecule has 2 N–H and O–H groups in total. The number of azide groups is 1. The van der Waals surface area contributed by atoms with Gasteiger partial charge in [-0.1, -0.05) is 23.3 Å². The first-order chi connectivity index (χ1) is 21.1. The van der Waals surface area contributed by atoms with Gasteiger partial charge in [-0.05, 0) is 86.4 Å². The predicted molar refractivity (Wildman–Crippen MR) is 155 cm³/mol. The molecule has 11 nitrogen and oxygen atoms in total. The molecule has 0 spiro atoms. The molecule has 44 heavy (non-hydrogen) atoms. The van der Waals surface area contributed by atoms with Crippen LogP contribution in [0, 0.1) is 0 Å². The van der Waals surface area contributed by atoms with E-state index in [1.165, 1.54) is 6.07 Å². The standard InChI is InChI=1S/C31H35F2N5O6/c1-31(2,40)27-11-5-20(16-35-27)23(19-4-10-25(43-30(32)33)26(14-19)41-21-6-7-21)13-18-3-12-28(36-15-18)44-29-24(37-38-34)9-8-22(17-39)42-29/h3-5,10-12,14-16,21-24,29-30,39-40H,6-9,13,17H2,1-2H3/t22-,23+,24-,29?/m1/s1. The van der Waals surface area contributed by atoms with Gasteiger partial charge in [-0.2, -0.15) is 8.78 Å². The van der Waals surface area contributed by atoms with E-state index in [4.69, 9.17) is 24.5 Å². The van der Waals surface area contributed by atoms with Crippen LogP contribution in [0.1, 0.15) is 67.8 Å². The fourth-order valence-electron chi connectivity index (χ4n) is 5.01. The summed E-state index contributed by atoms with van der Waals surface area (Å²) in [4.78, 5) is 11.8. The summed E-state index contributed by atoms with van der Waals surface area (Å²) in [7, 11) is 0. The van der Waals surface area contributed by atoms with Gasteiger partial charge in [0, 0.05) is 29.3 Å². The Morgan fingerprint density at radius 3 is 2.43 bits per heavy atom. The minimum absolute atomic E-state index is 0.0273. The minimum atomic E-state index is -2.99. The van der Waals surface area contributed by atoms with Crippen molar-refractivity contribution in [2.45, 2.75) is 88.6 Å². The smallest absolute Gasteiger partial charge is 0.387 e. The van der Waals surface area contributed by atoms with Crippen molar-refractivity contribution in [1.82, 2.24) is 9.97 Å². The zero-order valence-corrected chi connectivity index (χ0v) is 24.4. The van der Waals surface area contributed by atoms with Crippen LogP contribution < -0.4 is 14.2 Å². The topological polar surface area (TPSA) is 152 Å². The number of alkyl halides is 2. The van der Waals surface area contributed by atoms with Gasteiger partial charge in [-0.3, -0.25) is 4.98 Å². The third-order valence-electron chi connectivity index (χ3n) is 7.52.